The third kappa shape index (κ3) is 4.57. The summed E-state index contributed by atoms with van der Waals surface area (Å²) in [5, 5.41) is 3.43. The van der Waals surface area contributed by atoms with Crippen molar-refractivity contribution in [3.05, 3.63) is 29.8 Å². The molecule has 2 unspecified atom stereocenters. The maximum absolute atomic E-state index is 6.25. The van der Waals surface area contributed by atoms with Crippen molar-refractivity contribution in [2.45, 2.75) is 78.0 Å². The van der Waals surface area contributed by atoms with Crippen LogP contribution >= 0.6 is 0 Å². The van der Waals surface area contributed by atoms with Crippen LogP contribution in [0.25, 0.3) is 0 Å². The van der Waals surface area contributed by atoms with Gasteiger partial charge < -0.3 is 14.8 Å². The van der Waals surface area contributed by atoms with E-state index in [9.17, 15) is 0 Å². The second kappa shape index (κ2) is 8.36. The quantitative estimate of drug-likeness (QED) is 0.533. The van der Waals surface area contributed by atoms with Crippen molar-refractivity contribution >= 4 is 0 Å². The number of ether oxygens (including phenoxy) is 2. The van der Waals surface area contributed by atoms with Crippen LogP contribution in [0.2, 0.25) is 0 Å². The number of hydrogen-bond acceptors (Lipinski definition) is 3. The van der Waals surface area contributed by atoms with Crippen LogP contribution in [0.1, 0.15) is 77.3 Å². The predicted octanol–water partition coefficient (Wildman–Crippen LogP) is 5.95. The summed E-state index contributed by atoms with van der Waals surface area (Å²) in [6.45, 7) is 7.46. The molecule has 2 atom stereocenters. The van der Waals surface area contributed by atoms with Gasteiger partial charge in [0.05, 0.1) is 6.61 Å². The van der Waals surface area contributed by atoms with E-state index in [2.05, 4.69) is 43.4 Å². The van der Waals surface area contributed by atoms with Gasteiger partial charge in [0.2, 0.25) is 0 Å². The normalized spacial score (nSPS) is 33.2. The van der Waals surface area contributed by atoms with Crippen molar-refractivity contribution in [3.8, 4) is 5.75 Å². The van der Waals surface area contributed by atoms with Gasteiger partial charge in [-0.25, -0.2) is 0 Å². The van der Waals surface area contributed by atoms with Gasteiger partial charge in [-0.15, -0.1) is 0 Å². The Morgan fingerprint density at radius 2 is 1.54 bits per heavy atom. The van der Waals surface area contributed by atoms with E-state index in [1.807, 2.05) is 14.0 Å². The molecule has 3 nitrogen and oxygen atoms in total. The van der Waals surface area contributed by atoms with Crippen LogP contribution in [0.3, 0.4) is 0 Å². The first-order valence-electron chi connectivity index (χ1n) is 11.5. The minimum absolute atomic E-state index is 0.186. The van der Waals surface area contributed by atoms with Crippen LogP contribution in [0.15, 0.2) is 24.3 Å². The average molecular weight is 386 g/mol. The second-order valence-corrected chi connectivity index (χ2v) is 10.5. The fourth-order valence-electron chi connectivity index (χ4n) is 6.66. The predicted molar refractivity (Wildman–Crippen MR) is 114 cm³/mol. The van der Waals surface area contributed by atoms with Crippen molar-refractivity contribution in [1.29, 1.82) is 0 Å². The standard InChI is InChI=1S/C25H39NO2/c1-17(2)9-24(26-4)22-5-7-23(8-6-22)28-18(3)27-16-25-13-19-10-20(14-25)12-21(11-19)15-25/h5-8,17-21,24,26H,9-16H2,1-4H3. The molecule has 5 rings (SSSR count). The Bertz CT molecular complexity index is 603. The molecule has 4 saturated carbocycles. The highest BCUT2D eigenvalue weighted by molar-refractivity contribution is 5.29. The molecule has 4 aliphatic carbocycles. The molecule has 0 amide bonds. The van der Waals surface area contributed by atoms with Crippen LogP contribution in [0.5, 0.6) is 5.75 Å². The molecule has 0 aromatic heterocycles. The van der Waals surface area contributed by atoms with E-state index in [1.165, 1.54) is 44.1 Å². The molecular weight excluding hydrogens is 346 g/mol. The monoisotopic (exact) mass is 385 g/mol. The van der Waals surface area contributed by atoms with Gasteiger partial charge in [0.25, 0.3) is 0 Å². The van der Waals surface area contributed by atoms with Crippen LogP contribution < -0.4 is 10.1 Å². The van der Waals surface area contributed by atoms with Crippen molar-refractivity contribution in [3.63, 3.8) is 0 Å². The van der Waals surface area contributed by atoms with Crippen molar-refractivity contribution in [1.82, 2.24) is 5.32 Å². The topological polar surface area (TPSA) is 30.5 Å². The van der Waals surface area contributed by atoms with E-state index in [1.54, 1.807) is 0 Å². The van der Waals surface area contributed by atoms with E-state index < -0.39 is 0 Å². The number of rotatable bonds is 9. The largest absolute Gasteiger partial charge is 0.465 e. The summed E-state index contributed by atoms with van der Waals surface area (Å²) >= 11 is 0. The van der Waals surface area contributed by atoms with Gasteiger partial charge >= 0.3 is 0 Å². The Labute approximate surface area is 171 Å². The Morgan fingerprint density at radius 3 is 2.04 bits per heavy atom. The van der Waals surface area contributed by atoms with Gasteiger partial charge in [0.15, 0.2) is 6.29 Å². The zero-order valence-electron chi connectivity index (χ0n) is 18.2. The number of nitrogens with one attached hydrogen (secondary N) is 1. The molecule has 4 fully saturated rings. The first-order chi connectivity index (χ1) is 13.4. The molecule has 3 heteroatoms. The molecule has 4 bridgehead atoms. The van der Waals surface area contributed by atoms with Gasteiger partial charge in [0.1, 0.15) is 5.75 Å². The highest BCUT2D eigenvalue weighted by Crippen LogP contribution is 2.60. The van der Waals surface area contributed by atoms with Gasteiger partial charge in [0, 0.05) is 6.04 Å². The fraction of sp³-hybridized carbons (Fsp3) is 0.760. The van der Waals surface area contributed by atoms with Gasteiger partial charge in [-0.2, -0.15) is 0 Å². The van der Waals surface area contributed by atoms with Crippen molar-refractivity contribution in [2.75, 3.05) is 13.7 Å². The lowest BCUT2D eigenvalue weighted by Crippen LogP contribution is -2.48. The number of benzene rings is 1. The van der Waals surface area contributed by atoms with Gasteiger partial charge in [-0.1, -0.05) is 26.0 Å². The molecule has 156 valence electrons. The van der Waals surface area contributed by atoms with E-state index in [4.69, 9.17) is 9.47 Å². The summed E-state index contributed by atoms with van der Waals surface area (Å²) in [5.74, 6) is 4.51. The van der Waals surface area contributed by atoms with E-state index in [0.29, 0.717) is 17.4 Å². The number of hydrogen-bond donors (Lipinski definition) is 1. The lowest BCUT2D eigenvalue weighted by atomic mass is 9.50. The zero-order chi connectivity index (χ0) is 19.7. The summed E-state index contributed by atoms with van der Waals surface area (Å²) in [7, 11) is 2.04. The minimum atomic E-state index is -0.186. The fourth-order valence-corrected chi connectivity index (χ4v) is 6.66. The van der Waals surface area contributed by atoms with Crippen molar-refractivity contribution < 1.29 is 9.47 Å². The molecule has 0 spiro atoms. The molecule has 1 aromatic carbocycles. The average Bonchev–Trinajstić information content (AvgIpc) is 2.64. The van der Waals surface area contributed by atoms with E-state index >= 15 is 0 Å². The molecule has 0 heterocycles. The third-order valence-electron chi connectivity index (χ3n) is 7.43. The Kier molecular flexibility index (Phi) is 6.04. The molecule has 28 heavy (non-hydrogen) atoms. The molecule has 1 aromatic rings. The SMILES string of the molecule is CNC(CC(C)C)c1ccc(OC(C)OCC23CC4CC(CC(C4)C2)C3)cc1. The highest BCUT2D eigenvalue weighted by Gasteiger charge is 2.51. The smallest absolute Gasteiger partial charge is 0.196 e. The van der Waals surface area contributed by atoms with Crippen molar-refractivity contribution in [2.24, 2.45) is 29.1 Å². The Hall–Kier alpha value is -1.06. The lowest BCUT2D eigenvalue weighted by molar-refractivity contribution is -0.146. The molecule has 0 aliphatic heterocycles. The molecule has 4 aliphatic rings. The Morgan fingerprint density at radius 1 is 0.964 bits per heavy atom. The summed E-state index contributed by atoms with van der Waals surface area (Å²) in [6.07, 6.45) is 9.59. The third-order valence-corrected chi connectivity index (χ3v) is 7.43. The maximum Gasteiger partial charge on any atom is 0.196 e. The first-order valence-corrected chi connectivity index (χ1v) is 11.5. The lowest BCUT2D eigenvalue weighted by Gasteiger charge is -2.56. The van der Waals surface area contributed by atoms with Crippen LogP contribution in [0, 0.1) is 29.1 Å². The molecule has 0 saturated heterocycles. The van der Waals surface area contributed by atoms with E-state index in [-0.39, 0.29) is 6.29 Å². The van der Waals surface area contributed by atoms with Gasteiger partial charge in [-0.05, 0) is 106 Å². The summed E-state index contributed by atoms with van der Waals surface area (Å²) in [5.41, 5.74) is 1.78. The minimum Gasteiger partial charge on any atom is -0.465 e. The first kappa shape index (κ1) is 20.2. The maximum atomic E-state index is 6.25. The van der Waals surface area contributed by atoms with Crippen LogP contribution in [-0.4, -0.2) is 19.9 Å². The highest BCUT2D eigenvalue weighted by atomic mass is 16.7. The molecule has 1 N–H and O–H groups in total. The summed E-state index contributed by atoms with van der Waals surface area (Å²) in [4.78, 5) is 0. The molecular formula is C25H39NO2. The zero-order valence-corrected chi connectivity index (χ0v) is 18.2. The second-order valence-electron chi connectivity index (χ2n) is 10.5. The van der Waals surface area contributed by atoms with Crippen LogP contribution in [0.4, 0.5) is 0 Å². The summed E-state index contributed by atoms with van der Waals surface area (Å²) < 4.78 is 12.3. The summed E-state index contributed by atoms with van der Waals surface area (Å²) in [6, 6.07) is 8.95. The molecule has 0 radical (unpaired) electrons. The van der Waals surface area contributed by atoms with E-state index in [0.717, 1.165) is 36.5 Å². The van der Waals surface area contributed by atoms with Gasteiger partial charge in [-0.3, -0.25) is 0 Å². The Balaban J connectivity index is 1.29. The van der Waals surface area contributed by atoms with Crippen LogP contribution in [-0.2, 0) is 4.74 Å².